The third kappa shape index (κ3) is 4.64. The van der Waals surface area contributed by atoms with Gasteiger partial charge in [-0.15, -0.1) is 0 Å². The predicted octanol–water partition coefficient (Wildman–Crippen LogP) is 4.26. The van der Waals surface area contributed by atoms with Gasteiger partial charge in [0.2, 0.25) is 0 Å². The van der Waals surface area contributed by atoms with Crippen LogP contribution >= 0.6 is 0 Å². The number of rotatable bonds is 8. The first-order chi connectivity index (χ1) is 17.4. The molecule has 0 aromatic carbocycles. The number of carboxylic acid groups (broad SMARTS) is 1. The number of hydrogen-bond donors (Lipinski definition) is 3. The Balaban J connectivity index is 1.41. The quantitative estimate of drug-likeness (QED) is 0.414. The number of hydrogen-bond acceptors (Lipinski definition) is 6. The molecule has 0 aromatic rings. The summed E-state index contributed by atoms with van der Waals surface area (Å²) in [5, 5.41) is 27.5. The van der Waals surface area contributed by atoms with Crippen molar-refractivity contribution in [1.82, 2.24) is 5.32 Å². The summed E-state index contributed by atoms with van der Waals surface area (Å²) in [6.07, 6.45) is 9.94. The van der Waals surface area contributed by atoms with Crippen molar-refractivity contribution in [1.29, 1.82) is 0 Å². The summed E-state index contributed by atoms with van der Waals surface area (Å²) >= 11 is 0. The minimum absolute atomic E-state index is 0.0720. The first kappa shape index (κ1) is 27.8. The van der Waals surface area contributed by atoms with E-state index in [1.807, 2.05) is 6.92 Å². The Bertz CT molecular complexity index is 1010. The van der Waals surface area contributed by atoms with Crippen LogP contribution in [0.4, 0.5) is 0 Å². The fraction of sp³-hybridized carbons (Fsp3) is 0.793. The Labute approximate surface area is 220 Å². The summed E-state index contributed by atoms with van der Waals surface area (Å²) in [6, 6.07) is -0.940. The molecule has 0 saturated heterocycles. The molecule has 0 spiro atoms. The number of nitrogens with one attached hydrogen (secondary N) is 1. The Morgan fingerprint density at radius 3 is 2.49 bits per heavy atom. The highest BCUT2D eigenvalue weighted by Crippen LogP contribution is 2.67. The molecule has 0 aromatic heterocycles. The lowest BCUT2D eigenvalue weighted by molar-refractivity contribution is -0.159. The van der Waals surface area contributed by atoms with Crippen molar-refractivity contribution in [2.75, 3.05) is 6.61 Å². The second kappa shape index (κ2) is 10.2. The molecule has 8 atom stereocenters. The second-order valence-electron chi connectivity index (χ2n) is 12.5. The van der Waals surface area contributed by atoms with E-state index >= 15 is 0 Å². The number of aliphatic carboxylic acids is 1. The number of aliphatic hydroxyl groups is 1. The molecule has 1 amide bonds. The van der Waals surface area contributed by atoms with Crippen molar-refractivity contribution in [2.24, 2.45) is 39.7 Å². The number of ketones is 1. The number of carboxylic acids is 1. The molecule has 206 valence electrons. The maximum atomic E-state index is 12.4. The van der Waals surface area contributed by atoms with E-state index in [0.717, 1.165) is 50.7 Å². The SMILES string of the molecule is CC[C@@H](C)[C@@H](NC(=O)CON=C1C=C2CC[C@@H]3[C@H](CC[C@@]4(C)[C@H]3CC[C@]4(O)C(C)=O)[C@@]2(C)CC1)C(=O)O. The number of fused-ring (bicyclic) bond motifs is 5. The fourth-order valence-corrected chi connectivity index (χ4v) is 8.31. The van der Waals surface area contributed by atoms with Gasteiger partial charge in [0.15, 0.2) is 12.4 Å². The van der Waals surface area contributed by atoms with Crippen molar-refractivity contribution >= 4 is 23.4 Å². The van der Waals surface area contributed by atoms with Gasteiger partial charge >= 0.3 is 5.97 Å². The molecular weight excluding hydrogens is 472 g/mol. The number of amides is 1. The third-order valence-electron chi connectivity index (χ3n) is 10.9. The number of Topliss-reactive ketones (excluding diaryl/α,β-unsaturated/α-hetero) is 1. The van der Waals surface area contributed by atoms with Crippen molar-refractivity contribution < 1.29 is 29.4 Å². The van der Waals surface area contributed by atoms with Gasteiger partial charge in [0.25, 0.3) is 5.91 Å². The Hall–Kier alpha value is -2.22. The maximum absolute atomic E-state index is 12.4. The summed E-state index contributed by atoms with van der Waals surface area (Å²) in [6.45, 7) is 9.44. The van der Waals surface area contributed by atoms with E-state index in [-0.39, 0.29) is 29.1 Å². The molecular formula is C29H44N2O6. The van der Waals surface area contributed by atoms with E-state index in [1.165, 1.54) is 5.57 Å². The van der Waals surface area contributed by atoms with Crippen LogP contribution in [0.3, 0.4) is 0 Å². The van der Waals surface area contributed by atoms with Gasteiger partial charge in [0, 0.05) is 5.41 Å². The normalized spacial score (nSPS) is 39.5. The van der Waals surface area contributed by atoms with Crippen LogP contribution in [-0.4, -0.2) is 51.8 Å². The number of oxime groups is 1. The molecule has 4 aliphatic rings. The Morgan fingerprint density at radius 2 is 1.84 bits per heavy atom. The van der Waals surface area contributed by atoms with Crippen LogP contribution < -0.4 is 5.32 Å². The summed E-state index contributed by atoms with van der Waals surface area (Å²) in [4.78, 5) is 41.5. The summed E-state index contributed by atoms with van der Waals surface area (Å²) < 4.78 is 0. The zero-order valence-corrected chi connectivity index (χ0v) is 23.0. The van der Waals surface area contributed by atoms with Crippen LogP contribution in [0.15, 0.2) is 16.8 Å². The Kier molecular flexibility index (Phi) is 7.63. The van der Waals surface area contributed by atoms with Crippen molar-refractivity contribution in [3.63, 3.8) is 0 Å². The van der Waals surface area contributed by atoms with E-state index < -0.39 is 23.5 Å². The summed E-state index contributed by atoms with van der Waals surface area (Å²) in [7, 11) is 0. The molecule has 3 N–H and O–H groups in total. The molecule has 0 radical (unpaired) electrons. The molecule has 0 bridgehead atoms. The molecule has 8 nitrogen and oxygen atoms in total. The van der Waals surface area contributed by atoms with Crippen molar-refractivity contribution in [2.45, 2.75) is 104 Å². The fourth-order valence-electron chi connectivity index (χ4n) is 8.31. The molecule has 4 aliphatic carbocycles. The topological polar surface area (TPSA) is 125 Å². The molecule has 4 rings (SSSR count). The van der Waals surface area contributed by atoms with Crippen LogP contribution in [-0.2, 0) is 19.2 Å². The van der Waals surface area contributed by atoms with Gasteiger partial charge in [-0.25, -0.2) is 4.79 Å². The molecule has 0 heterocycles. The lowest BCUT2D eigenvalue weighted by Crippen LogP contribution is -2.57. The highest BCUT2D eigenvalue weighted by Gasteiger charge is 2.65. The van der Waals surface area contributed by atoms with Crippen LogP contribution in [0.25, 0.3) is 0 Å². The average Bonchev–Trinajstić information content (AvgIpc) is 3.14. The van der Waals surface area contributed by atoms with Gasteiger partial charge in [-0.05, 0) is 93.5 Å². The predicted molar refractivity (Wildman–Crippen MR) is 140 cm³/mol. The zero-order valence-electron chi connectivity index (χ0n) is 23.0. The highest BCUT2D eigenvalue weighted by atomic mass is 16.6. The number of carbonyl (C=O) groups excluding carboxylic acids is 2. The summed E-state index contributed by atoms with van der Waals surface area (Å²) in [5.41, 5.74) is 0.764. The molecule has 37 heavy (non-hydrogen) atoms. The van der Waals surface area contributed by atoms with E-state index in [0.29, 0.717) is 30.6 Å². The van der Waals surface area contributed by atoms with Crippen molar-refractivity contribution in [3.8, 4) is 0 Å². The van der Waals surface area contributed by atoms with E-state index in [9.17, 15) is 24.6 Å². The van der Waals surface area contributed by atoms with Gasteiger partial charge < -0.3 is 20.4 Å². The number of carbonyl (C=O) groups is 3. The monoisotopic (exact) mass is 516 g/mol. The molecule has 3 saturated carbocycles. The second-order valence-corrected chi connectivity index (χ2v) is 12.5. The minimum atomic E-state index is -1.19. The largest absolute Gasteiger partial charge is 0.480 e. The number of nitrogens with zero attached hydrogens (tertiary/aromatic N) is 1. The standard InChI is InChI=1S/C29H44N2O6/c1-6-17(2)25(26(34)35)30-24(33)16-37-31-20-9-12-27(4)19(15-20)7-8-21-22(27)10-13-28(5)23(21)11-14-29(28,36)18(3)32/h15,17,21-23,25,36H,6-14,16H2,1-5H3,(H,30,33)(H,34,35)/t17-,21-,22+,23+,25-,27+,28+,29+/m1/s1. The molecule has 8 heteroatoms. The third-order valence-corrected chi connectivity index (χ3v) is 10.9. The number of allylic oxidation sites excluding steroid dienone is 2. The lowest BCUT2D eigenvalue weighted by Gasteiger charge is -2.59. The zero-order chi connectivity index (χ0) is 27.2. The van der Waals surface area contributed by atoms with E-state index in [4.69, 9.17) is 4.84 Å². The van der Waals surface area contributed by atoms with Gasteiger partial charge in [-0.1, -0.05) is 44.8 Å². The summed E-state index contributed by atoms with van der Waals surface area (Å²) in [5.74, 6) is -0.376. The minimum Gasteiger partial charge on any atom is -0.480 e. The first-order valence-corrected chi connectivity index (χ1v) is 14.0. The van der Waals surface area contributed by atoms with Crippen molar-refractivity contribution in [3.05, 3.63) is 11.6 Å². The van der Waals surface area contributed by atoms with E-state index in [1.54, 1.807) is 13.8 Å². The van der Waals surface area contributed by atoms with Crippen LogP contribution in [0.5, 0.6) is 0 Å². The van der Waals surface area contributed by atoms with Gasteiger partial charge in [-0.3, -0.25) is 9.59 Å². The smallest absolute Gasteiger partial charge is 0.326 e. The van der Waals surface area contributed by atoms with Crippen LogP contribution in [0.2, 0.25) is 0 Å². The van der Waals surface area contributed by atoms with Crippen LogP contribution in [0.1, 0.15) is 92.4 Å². The first-order valence-electron chi connectivity index (χ1n) is 14.0. The maximum Gasteiger partial charge on any atom is 0.326 e. The molecule has 0 unspecified atom stereocenters. The van der Waals surface area contributed by atoms with Crippen LogP contribution in [0, 0.1) is 34.5 Å². The Morgan fingerprint density at radius 1 is 1.14 bits per heavy atom. The van der Waals surface area contributed by atoms with Gasteiger partial charge in [0.1, 0.15) is 11.6 Å². The van der Waals surface area contributed by atoms with E-state index in [2.05, 4.69) is 30.4 Å². The highest BCUT2D eigenvalue weighted by molar-refractivity contribution is 5.96. The molecule has 0 aliphatic heterocycles. The lowest BCUT2D eigenvalue weighted by atomic mass is 9.46. The average molecular weight is 517 g/mol. The molecule has 3 fully saturated rings. The van der Waals surface area contributed by atoms with Gasteiger partial charge in [-0.2, -0.15) is 0 Å². The van der Waals surface area contributed by atoms with Gasteiger partial charge in [0.05, 0.1) is 5.71 Å².